The second kappa shape index (κ2) is 5.09. The van der Waals surface area contributed by atoms with Crippen LogP contribution >= 0.6 is 11.6 Å². The van der Waals surface area contributed by atoms with Crippen LogP contribution in [-0.4, -0.2) is 18.1 Å². The number of fused-ring (bicyclic) bond motifs is 1. The summed E-state index contributed by atoms with van der Waals surface area (Å²) in [5, 5.41) is 0.323. The van der Waals surface area contributed by atoms with Gasteiger partial charge in [0, 0.05) is 5.39 Å². The Kier molecular flexibility index (Phi) is 3.66. The van der Waals surface area contributed by atoms with Crippen LogP contribution < -0.4 is 0 Å². The highest BCUT2D eigenvalue weighted by Gasteiger charge is 2.21. The van der Waals surface area contributed by atoms with Crippen LogP contribution in [0.3, 0.4) is 0 Å². The normalized spacial score (nSPS) is 12.5. The van der Waals surface area contributed by atoms with Gasteiger partial charge < -0.3 is 4.74 Å². The van der Waals surface area contributed by atoms with Crippen molar-refractivity contribution in [3.05, 3.63) is 40.6 Å². The minimum atomic E-state index is -1.08. The number of carbonyl (C=O) groups is 1. The van der Waals surface area contributed by atoms with Crippen LogP contribution in [-0.2, 0) is 9.53 Å². The van der Waals surface area contributed by atoms with Crippen molar-refractivity contribution in [3.63, 3.8) is 0 Å². The number of pyridine rings is 1. The SMILES string of the molecule is COC(=O)C(C)c1cc(Cl)nc2c(F)c(F)ccc12. The van der Waals surface area contributed by atoms with Crippen LogP contribution in [0.4, 0.5) is 8.78 Å². The molecule has 0 spiro atoms. The van der Waals surface area contributed by atoms with Crippen molar-refractivity contribution in [2.24, 2.45) is 0 Å². The van der Waals surface area contributed by atoms with E-state index in [2.05, 4.69) is 9.72 Å². The summed E-state index contributed by atoms with van der Waals surface area (Å²) in [5.74, 6) is -3.25. The molecule has 1 heterocycles. The van der Waals surface area contributed by atoms with Crippen LogP contribution in [0.1, 0.15) is 18.4 Å². The topological polar surface area (TPSA) is 39.2 Å². The smallest absolute Gasteiger partial charge is 0.312 e. The maximum Gasteiger partial charge on any atom is 0.312 e. The molecule has 0 amide bonds. The molecule has 1 aromatic heterocycles. The summed E-state index contributed by atoms with van der Waals surface area (Å²) in [5.41, 5.74) is 0.249. The van der Waals surface area contributed by atoms with Gasteiger partial charge in [0.1, 0.15) is 10.7 Å². The minimum absolute atomic E-state index is 0.0113. The van der Waals surface area contributed by atoms with Gasteiger partial charge in [-0.1, -0.05) is 11.6 Å². The van der Waals surface area contributed by atoms with Crippen molar-refractivity contribution in [1.82, 2.24) is 4.98 Å². The first kappa shape index (κ1) is 13.7. The highest BCUT2D eigenvalue weighted by Crippen LogP contribution is 2.30. The summed E-state index contributed by atoms with van der Waals surface area (Å²) in [6.45, 7) is 1.60. The summed E-state index contributed by atoms with van der Waals surface area (Å²) in [6, 6.07) is 3.80. The molecule has 0 aliphatic heterocycles. The number of rotatable bonds is 2. The molecule has 0 fully saturated rings. The van der Waals surface area contributed by atoms with Crippen molar-refractivity contribution in [2.75, 3.05) is 7.11 Å². The Morgan fingerprint density at radius 1 is 1.42 bits per heavy atom. The molecule has 1 atom stereocenters. The largest absolute Gasteiger partial charge is 0.469 e. The van der Waals surface area contributed by atoms with Gasteiger partial charge in [-0.2, -0.15) is 0 Å². The lowest BCUT2D eigenvalue weighted by Crippen LogP contribution is -2.11. The number of hydrogen-bond acceptors (Lipinski definition) is 3. The van der Waals surface area contributed by atoms with Gasteiger partial charge in [0.2, 0.25) is 0 Å². The van der Waals surface area contributed by atoms with Crippen molar-refractivity contribution < 1.29 is 18.3 Å². The lowest BCUT2D eigenvalue weighted by atomic mass is 9.97. The summed E-state index contributed by atoms with van der Waals surface area (Å²) >= 11 is 5.79. The molecule has 6 heteroatoms. The van der Waals surface area contributed by atoms with Gasteiger partial charge in [-0.25, -0.2) is 13.8 Å². The van der Waals surface area contributed by atoms with Gasteiger partial charge in [0.25, 0.3) is 0 Å². The lowest BCUT2D eigenvalue weighted by Gasteiger charge is -2.13. The van der Waals surface area contributed by atoms with E-state index >= 15 is 0 Å². The number of halogens is 3. The van der Waals surface area contributed by atoms with Gasteiger partial charge in [-0.05, 0) is 30.7 Å². The van der Waals surface area contributed by atoms with Crippen LogP contribution in [0, 0.1) is 11.6 Å². The molecular formula is C13H10ClF2NO2. The van der Waals surface area contributed by atoms with Crippen LogP contribution in [0.25, 0.3) is 10.9 Å². The Hall–Kier alpha value is -1.75. The fourth-order valence-corrected chi connectivity index (χ4v) is 2.09. The van der Waals surface area contributed by atoms with Gasteiger partial charge in [0.15, 0.2) is 11.6 Å². The maximum absolute atomic E-state index is 13.7. The monoisotopic (exact) mass is 285 g/mol. The molecule has 0 bridgehead atoms. The molecule has 1 unspecified atom stereocenters. The van der Waals surface area contributed by atoms with Gasteiger partial charge in [-0.15, -0.1) is 0 Å². The fourth-order valence-electron chi connectivity index (χ4n) is 1.89. The van der Waals surface area contributed by atoms with E-state index in [0.29, 0.717) is 10.9 Å². The first-order chi connectivity index (χ1) is 8.95. The van der Waals surface area contributed by atoms with Crippen LogP contribution in [0.2, 0.25) is 5.15 Å². The van der Waals surface area contributed by atoms with E-state index in [1.165, 1.54) is 19.2 Å². The average Bonchev–Trinajstić information content (AvgIpc) is 2.41. The van der Waals surface area contributed by atoms with E-state index < -0.39 is 23.5 Å². The zero-order valence-corrected chi connectivity index (χ0v) is 11.0. The first-order valence-corrected chi connectivity index (χ1v) is 5.85. The molecule has 0 radical (unpaired) electrons. The summed E-state index contributed by atoms with van der Waals surface area (Å²) in [7, 11) is 1.25. The van der Waals surface area contributed by atoms with E-state index in [4.69, 9.17) is 11.6 Å². The quantitative estimate of drug-likeness (QED) is 0.627. The maximum atomic E-state index is 13.7. The highest BCUT2D eigenvalue weighted by atomic mass is 35.5. The third-order valence-corrected chi connectivity index (χ3v) is 3.09. The standard InChI is InChI=1S/C13H10ClF2NO2/c1-6(13(18)19-2)8-5-10(14)17-12-7(8)3-4-9(15)11(12)16/h3-6H,1-2H3. The third kappa shape index (κ3) is 2.38. The predicted molar refractivity (Wildman–Crippen MR) is 67.1 cm³/mol. The Balaban J connectivity index is 2.74. The van der Waals surface area contributed by atoms with E-state index in [9.17, 15) is 13.6 Å². The molecule has 0 aliphatic rings. The Labute approximate surface area is 113 Å². The van der Waals surface area contributed by atoms with Crippen LogP contribution in [0.5, 0.6) is 0 Å². The Morgan fingerprint density at radius 3 is 2.74 bits per heavy atom. The zero-order valence-electron chi connectivity index (χ0n) is 10.2. The molecule has 0 saturated carbocycles. The number of carbonyl (C=O) groups excluding carboxylic acids is 1. The van der Waals surface area contributed by atoms with Gasteiger partial charge in [-0.3, -0.25) is 4.79 Å². The Bertz CT molecular complexity index is 661. The molecule has 100 valence electrons. The second-order valence-electron chi connectivity index (χ2n) is 4.04. The molecule has 2 aromatic rings. The van der Waals surface area contributed by atoms with Crippen molar-refractivity contribution in [1.29, 1.82) is 0 Å². The van der Waals surface area contributed by atoms with Crippen molar-refractivity contribution in [3.8, 4) is 0 Å². The number of methoxy groups -OCH3 is 1. The van der Waals surface area contributed by atoms with E-state index in [1.54, 1.807) is 6.92 Å². The van der Waals surface area contributed by atoms with Gasteiger partial charge in [0.05, 0.1) is 13.0 Å². The highest BCUT2D eigenvalue weighted by molar-refractivity contribution is 6.30. The van der Waals surface area contributed by atoms with Gasteiger partial charge >= 0.3 is 5.97 Å². The summed E-state index contributed by atoms with van der Waals surface area (Å²) in [4.78, 5) is 15.3. The molecular weight excluding hydrogens is 276 g/mol. The number of nitrogens with zero attached hydrogens (tertiary/aromatic N) is 1. The number of benzene rings is 1. The predicted octanol–water partition coefficient (Wildman–Crippen LogP) is 3.44. The molecule has 3 nitrogen and oxygen atoms in total. The third-order valence-electron chi connectivity index (χ3n) is 2.89. The molecule has 0 aliphatic carbocycles. The average molecular weight is 286 g/mol. The summed E-state index contributed by atoms with van der Waals surface area (Å²) in [6.07, 6.45) is 0. The lowest BCUT2D eigenvalue weighted by molar-refractivity contribution is -0.141. The minimum Gasteiger partial charge on any atom is -0.469 e. The molecule has 0 saturated heterocycles. The number of hydrogen-bond donors (Lipinski definition) is 0. The number of esters is 1. The van der Waals surface area contributed by atoms with E-state index in [0.717, 1.165) is 6.07 Å². The summed E-state index contributed by atoms with van der Waals surface area (Å²) < 4.78 is 31.5. The molecule has 19 heavy (non-hydrogen) atoms. The van der Waals surface area contributed by atoms with Crippen molar-refractivity contribution >= 4 is 28.5 Å². The fraction of sp³-hybridized carbons (Fsp3) is 0.231. The van der Waals surface area contributed by atoms with Crippen molar-refractivity contribution in [2.45, 2.75) is 12.8 Å². The number of ether oxygens (including phenoxy) is 1. The zero-order chi connectivity index (χ0) is 14.2. The number of aromatic nitrogens is 1. The van der Waals surface area contributed by atoms with E-state index in [-0.39, 0.29) is 10.7 Å². The Morgan fingerprint density at radius 2 is 2.11 bits per heavy atom. The van der Waals surface area contributed by atoms with Crippen LogP contribution in [0.15, 0.2) is 18.2 Å². The molecule has 1 aromatic carbocycles. The first-order valence-electron chi connectivity index (χ1n) is 5.47. The van der Waals surface area contributed by atoms with E-state index in [1.807, 2.05) is 0 Å². The second-order valence-corrected chi connectivity index (χ2v) is 4.42. The molecule has 0 N–H and O–H groups in total. The molecule has 2 rings (SSSR count).